The Morgan fingerprint density at radius 3 is 2.70 bits per heavy atom. The third-order valence-corrected chi connectivity index (χ3v) is 4.13. The Hall–Kier alpha value is -0.930. The van der Waals surface area contributed by atoms with E-state index in [0.717, 1.165) is 18.7 Å². The Balaban J connectivity index is 1.69. The molecule has 0 radical (unpaired) electrons. The lowest BCUT2D eigenvalue weighted by molar-refractivity contribution is 0.199. The molecule has 1 heterocycles. The minimum absolute atomic E-state index is 0.148. The van der Waals surface area contributed by atoms with E-state index in [1.165, 1.54) is 44.5 Å². The maximum absolute atomic E-state index is 13.0. The highest BCUT2D eigenvalue weighted by molar-refractivity contribution is 5.26. The summed E-state index contributed by atoms with van der Waals surface area (Å²) < 4.78 is 13.0. The van der Waals surface area contributed by atoms with Crippen molar-refractivity contribution in [2.45, 2.75) is 39.7 Å². The standard InChI is InChI=1S/C17H27FN2/c1-14(13-20-8-4-3-5-9-20)11-19-12-16-6-7-17(18)10-15(16)2/h6-7,10,14,19H,3-5,8-9,11-13H2,1-2H3. The summed E-state index contributed by atoms with van der Waals surface area (Å²) in [7, 11) is 0. The van der Waals surface area contributed by atoms with E-state index in [-0.39, 0.29) is 5.82 Å². The molecule has 1 aromatic carbocycles. The number of hydrogen-bond acceptors (Lipinski definition) is 2. The van der Waals surface area contributed by atoms with Gasteiger partial charge in [-0.3, -0.25) is 0 Å². The molecule has 1 aromatic rings. The Bertz CT molecular complexity index is 413. The monoisotopic (exact) mass is 278 g/mol. The average molecular weight is 278 g/mol. The number of aryl methyl sites for hydroxylation is 1. The van der Waals surface area contributed by atoms with Crippen LogP contribution in [0.1, 0.15) is 37.3 Å². The second-order valence-electron chi connectivity index (χ2n) is 6.17. The molecule has 0 bridgehead atoms. The number of nitrogens with one attached hydrogen (secondary N) is 1. The number of piperidine rings is 1. The molecule has 0 amide bonds. The molecule has 1 N–H and O–H groups in total. The highest BCUT2D eigenvalue weighted by Gasteiger charge is 2.13. The van der Waals surface area contributed by atoms with Gasteiger partial charge in [-0.15, -0.1) is 0 Å². The molecule has 1 aliphatic heterocycles. The molecule has 112 valence electrons. The first-order valence-electron chi connectivity index (χ1n) is 7.83. The molecule has 2 nitrogen and oxygen atoms in total. The van der Waals surface area contributed by atoms with Gasteiger partial charge in [0.15, 0.2) is 0 Å². The van der Waals surface area contributed by atoms with Crippen molar-refractivity contribution < 1.29 is 4.39 Å². The first kappa shape index (κ1) is 15.5. The molecule has 1 fully saturated rings. The van der Waals surface area contributed by atoms with Gasteiger partial charge in [-0.1, -0.05) is 19.4 Å². The second kappa shape index (κ2) is 7.75. The van der Waals surface area contributed by atoms with Crippen LogP contribution in [0, 0.1) is 18.7 Å². The third-order valence-electron chi connectivity index (χ3n) is 4.13. The predicted molar refractivity (Wildman–Crippen MR) is 82.3 cm³/mol. The first-order chi connectivity index (χ1) is 9.65. The zero-order valence-corrected chi connectivity index (χ0v) is 12.8. The van der Waals surface area contributed by atoms with Crippen LogP contribution >= 0.6 is 0 Å². The Kier molecular flexibility index (Phi) is 5.99. The van der Waals surface area contributed by atoms with Gasteiger partial charge >= 0.3 is 0 Å². The van der Waals surface area contributed by atoms with Crippen LogP contribution in [0.25, 0.3) is 0 Å². The molecule has 1 aliphatic rings. The van der Waals surface area contributed by atoms with Gasteiger partial charge in [0.1, 0.15) is 5.82 Å². The van der Waals surface area contributed by atoms with Crippen LogP contribution in [0.5, 0.6) is 0 Å². The van der Waals surface area contributed by atoms with Crippen LogP contribution in [0.4, 0.5) is 4.39 Å². The number of nitrogens with zero attached hydrogens (tertiary/aromatic N) is 1. The molecule has 2 rings (SSSR count). The van der Waals surface area contributed by atoms with Crippen LogP contribution in [-0.4, -0.2) is 31.1 Å². The van der Waals surface area contributed by atoms with Crippen molar-refractivity contribution in [1.82, 2.24) is 10.2 Å². The average Bonchev–Trinajstić information content (AvgIpc) is 2.42. The summed E-state index contributed by atoms with van der Waals surface area (Å²) in [5, 5.41) is 3.50. The summed E-state index contributed by atoms with van der Waals surface area (Å²) in [5.41, 5.74) is 2.22. The lowest BCUT2D eigenvalue weighted by Crippen LogP contribution is -2.36. The SMILES string of the molecule is Cc1cc(F)ccc1CNCC(C)CN1CCCCC1. The molecule has 1 unspecified atom stereocenters. The Labute approximate surface area is 122 Å². The smallest absolute Gasteiger partial charge is 0.123 e. The minimum Gasteiger partial charge on any atom is -0.312 e. The topological polar surface area (TPSA) is 15.3 Å². The fourth-order valence-electron chi connectivity index (χ4n) is 2.96. The summed E-state index contributed by atoms with van der Waals surface area (Å²) >= 11 is 0. The van der Waals surface area contributed by atoms with Crippen molar-refractivity contribution in [3.8, 4) is 0 Å². The van der Waals surface area contributed by atoms with Gasteiger partial charge in [0.05, 0.1) is 0 Å². The number of likely N-dealkylation sites (tertiary alicyclic amines) is 1. The molecule has 0 spiro atoms. The van der Waals surface area contributed by atoms with Crippen LogP contribution in [-0.2, 0) is 6.54 Å². The van der Waals surface area contributed by atoms with Crippen LogP contribution in [0.2, 0.25) is 0 Å². The molecule has 3 heteroatoms. The molecule has 0 aromatic heterocycles. The van der Waals surface area contributed by atoms with Crippen molar-refractivity contribution in [3.63, 3.8) is 0 Å². The van der Waals surface area contributed by atoms with Crippen molar-refractivity contribution in [2.75, 3.05) is 26.2 Å². The lowest BCUT2D eigenvalue weighted by Gasteiger charge is -2.29. The molecule has 1 saturated heterocycles. The van der Waals surface area contributed by atoms with Crippen LogP contribution < -0.4 is 5.32 Å². The molecule has 20 heavy (non-hydrogen) atoms. The molecule has 0 saturated carbocycles. The van der Waals surface area contributed by atoms with E-state index >= 15 is 0 Å². The molecule has 0 aliphatic carbocycles. The van der Waals surface area contributed by atoms with Crippen molar-refractivity contribution in [3.05, 3.63) is 35.1 Å². The minimum atomic E-state index is -0.148. The van der Waals surface area contributed by atoms with Crippen molar-refractivity contribution in [2.24, 2.45) is 5.92 Å². The first-order valence-corrected chi connectivity index (χ1v) is 7.83. The number of rotatable bonds is 6. The van der Waals surface area contributed by atoms with Gasteiger partial charge < -0.3 is 10.2 Å². The van der Waals surface area contributed by atoms with E-state index in [1.807, 2.05) is 13.0 Å². The Morgan fingerprint density at radius 2 is 2.00 bits per heavy atom. The Morgan fingerprint density at radius 1 is 1.25 bits per heavy atom. The quantitative estimate of drug-likeness (QED) is 0.858. The van der Waals surface area contributed by atoms with Crippen LogP contribution in [0.15, 0.2) is 18.2 Å². The van der Waals surface area contributed by atoms with E-state index in [4.69, 9.17) is 0 Å². The number of halogens is 1. The van der Waals surface area contributed by atoms with E-state index in [0.29, 0.717) is 5.92 Å². The van der Waals surface area contributed by atoms with Gasteiger partial charge in [-0.2, -0.15) is 0 Å². The van der Waals surface area contributed by atoms with E-state index in [2.05, 4.69) is 17.1 Å². The number of benzene rings is 1. The molecule has 1 atom stereocenters. The summed E-state index contributed by atoms with van der Waals surface area (Å²) in [6.45, 7) is 9.85. The lowest BCUT2D eigenvalue weighted by atomic mass is 10.1. The van der Waals surface area contributed by atoms with Crippen molar-refractivity contribution in [1.29, 1.82) is 0 Å². The maximum Gasteiger partial charge on any atom is 0.123 e. The highest BCUT2D eigenvalue weighted by atomic mass is 19.1. The summed E-state index contributed by atoms with van der Waals surface area (Å²) in [6, 6.07) is 5.03. The largest absolute Gasteiger partial charge is 0.312 e. The highest BCUT2D eigenvalue weighted by Crippen LogP contribution is 2.12. The molecular formula is C17H27FN2. The van der Waals surface area contributed by atoms with Gasteiger partial charge in [0, 0.05) is 13.1 Å². The summed E-state index contributed by atoms with van der Waals surface area (Å²) in [6.07, 6.45) is 4.11. The summed E-state index contributed by atoms with van der Waals surface area (Å²) in [5.74, 6) is 0.513. The maximum atomic E-state index is 13.0. The van der Waals surface area contributed by atoms with E-state index < -0.39 is 0 Å². The van der Waals surface area contributed by atoms with Crippen molar-refractivity contribution >= 4 is 0 Å². The second-order valence-corrected chi connectivity index (χ2v) is 6.17. The van der Waals surface area contributed by atoms with E-state index in [1.54, 1.807) is 12.1 Å². The normalized spacial score (nSPS) is 18.1. The number of hydrogen-bond donors (Lipinski definition) is 1. The van der Waals surface area contributed by atoms with Gasteiger partial charge in [0.25, 0.3) is 0 Å². The summed E-state index contributed by atoms with van der Waals surface area (Å²) in [4.78, 5) is 2.58. The van der Waals surface area contributed by atoms with Crippen LogP contribution in [0.3, 0.4) is 0 Å². The third kappa shape index (κ3) is 4.88. The van der Waals surface area contributed by atoms with Gasteiger partial charge in [-0.25, -0.2) is 4.39 Å². The van der Waals surface area contributed by atoms with E-state index in [9.17, 15) is 4.39 Å². The van der Waals surface area contributed by atoms with Gasteiger partial charge in [0.2, 0.25) is 0 Å². The predicted octanol–water partition coefficient (Wildman–Crippen LogP) is 3.35. The zero-order valence-electron chi connectivity index (χ0n) is 12.8. The zero-order chi connectivity index (χ0) is 14.4. The molecular weight excluding hydrogens is 251 g/mol. The van der Waals surface area contributed by atoms with Gasteiger partial charge in [-0.05, 0) is 68.6 Å². The fraction of sp³-hybridized carbons (Fsp3) is 0.647. The fourth-order valence-corrected chi connectivity index (χ4v) is 2.96.